The van der Waals surface area contributed by atoms with Gasteiger partial charge in [-0.1, -0.05) is 12.1 Å². The number of hydrogen-bond donors (Lipinski definition) is 3. The van der Waals surface area contributed by atoms with E-state index in [1.54, 1.807) is 0 Å². The van der Waals surface area contributed by atoms with E-state index in [1.165, 1.54) is 18.2 Å². The lowest BCUT2D eigenvalue weighted by Gasteiger charge is -1.98. The van der Waals surface area contributed by atoms with Gasteiger partial charge in [0.2, 0.25) is 5.13 Å². The Bertz CT molecular complexity index is 483. The van der Waals surface area contributed by atoms with Crippen LogP contribution in [0.1, 0.15) is 0 Å². The maximum absolute atomic E-state index is 12.9. The Morgan fingerprint density at radius 2 is 2.00 bits per heavy atom. The molecule has 0 aliphatic carbocycles. The third-order valence-corrected chi connectivity index (χ3v) is 2.87. The quantitative estimate of drug-likeness (QED) is 0.600. The van der Waals surface area contributed by atoms with E-state index in [1.807, 2.05) is 0 Å². The molecule has 1 heterocycles. The highest BCUT2D eigenvalue weighted by Crippen LogP contribution is 2.34. The molecule has 6 heteroatoms. The number of fused-ring (bicyclic) bond motifs is 1. The van der Waals surface area contributed by atoms with Gasteiger partial charge in [0.05, 0.1) is 0 Å². The highest BCUT2D eigenvalue weighted by atomic mass is 32.1. The summed E-state index contributed by atoms with van der Waals surface area (Å²) in [4.78, 5) is 0. The summed E-state index contributed by atoms with van der Waals surface area (Å²) in [6.07, 6.45) is 0. The summed E-state index contributed by atoms with van der Waals surface area (Å²) in [6.45, 7) is 0. The zero-order chi connectivity index (χ0) is 10.3. The molecule has 0 amide bonds. The van der Waals surface area contributed by atoms with Crippen molar-refractivity contribution < 1.29 is 19.5 Å². The van der Waals surface area contributed by atoms with Gasteiger partial charge < -0.3 is 15.2 Å². The lowest BCUT2D eigenvalue weighted by atomic mass is 9.80. The van der Waals surface area contributed by atoms with Crippen LogP contribution in [0.25, 0.3) is 10.1 Å². The van der Waals surface area contributed by atoms with Crippen LogP contribution in [0.15, 0.2) is 18.2 Å². The normalized spacial score (nSPS) is 10.8. The fourth-order valence-corrected chi connectivity index (χ4v) is 2.10. The molecule has 2 rings (SSSR count). The second-order valence-corrected chi connectivity index (χ2v) is 3.86. The molecule has 2 aromatic rings. The van der Waals surface area contributed by atoms with Gasteiger partial charge in [0.1, 0.15) is 0 Å². The Balaban J connectivity index is 2.67. The van der Waals surface area contributed by atoms with Crippen molar-refractivity contribution in [2.45, 2.75) is 0 Å². The van der Waals surface area contributed by atoms with Gasteiger partial charge in [-0.2, -0.15) is 4.39 Å². The standard InChI is InChI=1S/C8H6BFO3S/c10-8-7(11)5-2-1-4(9(12)13)3-6(5)14-8/h1-3,11-13H. The van der Waals surface area contributed by atoms with E-state index in [9.17, 15) is 9.50 Å². The van der Waals surface area contributed by atoms with E-state index in [2.05, 4.69) is 0 Å². The molecule has 72 valence electrons. The molecule has 0 unspecified atom stereocenters. The van der Waals surface area contributed by atoms with Gasteiger partial charge in [-0.15, -0.1) is 11.3 Å². The van der Waals surface area contributed by atoms with Crippen LogP contribution in [0.4, 0.5) is 4.39 Å². The van der Waals surface area contributed by atoms with E-state index in [-0.39, 0.29) is 11.2 Å². The first-order chi connectivity index (χ1) is 6.59. The zero-order valence-corrected chi connectivity index (χ0v) is 7.75. The molecule has 3 N–H and O–H groups in total. The van der Waals surface area contributed by atoms with Crippen LogP contribution in [0.3, 0.4) is 0 Å². The van der Waals surface area contributed by atoms with Crippen LogP contribution in [-0.2, 0) is 0 Å². The Hall–Kier alpha value is -1.11. The van der Waals surface area contributed by atoms with Gasteiger partial charge in [-0.25, -0.2) is 0 Å². The minimum Gasteiger partial charge on any atom is -0.504 e. The van der Waals surface area contributed by atoms with Crippen LogP contribution in [0.5, 0.6) is 5.75 Å². The Labute approximate surface area is 83.2 Å². The van der Waals surface area contributed by atoms with Crippen molar-refractivity contribution in [3.05, 3.63) is 23.3 Å². The minimum absolute atomic E-state index is 0.277. The predicted octanol–water partition coefficient (Wildman–Crippen LogP) is 0.426. The summed E-state index contributed by atoms with van der Waals surface area (Å²) in [5.74, 6) is -0.385. The van der Waals surface area contributed by atoms with Gasteiger partial charge in [0.15, 0.2) is 5.75 Å². The molecule has 0 atom stereocenters. The molecule has 0 radical (unpaired) electrons. The zero-order valence-electron chi connectivity index (χ0n) is 6.94. The first kappa shape index (κ1) is 9.45. The smallest absolute Gasteiger partial charge is 0.488 e. The van der Waals surface area contributed by atoms with Crippen molar-refractivity contribution in [2.24, 2.45) is 0 Å². The lowest BCUT2D eigenvalue weighted by Crippen LogP contribution is -2.29. The van der Waals surface area contributed by atoms with Crippen molar-refractivity contribution in [2.75, 3.05) is 0 Å². The summed E-state index contributed by atoms with van der Waals surface area (Å²) in [6, 6.07) is 4.32. The van der Waals surface area contributed by atoms with E-state index in [0.29, 0.717) is 10.1 Å². The number of hydrogen-bond acceptors (Lipinski definition) is 4. The van der Waals surface area contributed by atoms with Gasteiger partial charge >= 0.3 is 7.12 Å². The molecule has 0 saturated carbocycles. The minimum atomic E-state index is -1.58. The fourth-order valence-electron chi connectivity index (χ4n) is 1.23. The van der Waals surface area contributed by atoms with E-state index in [0.717, 1.165) is 11.3 Å². The monoisotopic (exact) mass is 212 g/mol. The Kier molecular flexibility index (Phi) is 2.18. The number of halogens is 1. The summed E-state index contributed by atoms with van der Waals surface area (Å²) in [5.41, 5.74) is 0.277. The molecule has 1 aromatic heterocycles. The molecule has 0 aliphatic heterocycles. The topological polar surface area (TPSA) is 60.7 Å². The fraction of sp³-hybridized carbons (Fsp3) is 0. The SMILES string of the molecule is OB(O)c1ccc2c(O)c(F)sc2c1. The number of thiophene rings is 1. The third kappa shape index (κ3) is 1.37. The Morgan fingerprint density at radius 1 is 1.29 bits per heavy atom. The highest BCUT2D eigenvalue weighted by Gasteiger charge is 2.15. The van der Waals surface area contributed by atoms with Gasteiger partial charge in [-0.05, 0) is 11.5 Å². The van der Waals surface area contributed by atoms with Crippen molar-refractivity contribution in [1.82, 2.24) is 0 Å². The summed E-state index contributed by atoms with van der Waals surface area (Å²) in [5, 5.41) is 26.7. The van der Waals surface area contributed by atoms with Crippen LogP contribution < -0.4 is 5.46 Å². The molecule has 3 nitrogen and oxygen atoms in total. The molecule has 0 spiro atoms. The highest BCUT2D eigenvalue weighted by molar-refractivity contribution is 7.18. The first-order valence-corrected chi connectivity index (χ1v) is 4.68. The van der Waals surface area contributed by atoms with Gasteiger partial charge in [0.25, 0.3) is 0 Å². The van der Waals surface area contributed by atoms with Crippen molar-refractivity contribution in [1.29, 1.82) is 0 Å². The van der Waals surface area contributed by atoms with Crippen molar-refractivity contribution in [3.8, 4) is 5.75 Å². The number of benzene rings is 1. The lowest BCUT2D eigenvalue weighted by molar-refractivity contribution is 0.426. The molecule has 14 heavy (non-hydrogen) atoms. The van der Waals surface area contributed by atoms with Gasteiger partial charge in [-0.3, -0.25) is 0 Å². The molecule has 0 fully saturated rings. The second kappa shape index (κ2) is 3.23. The van der Waals surface area contributed by atoms with Gasteiger partial charge in [0, 0.05) is 10.1 Å². The maximum atomic E-state index is 12.9. The van der Waals surface area contributed by atoms with Crippen LogP contribution in [0, 0.1) is 5.13 Å². The third-order valence-electron chi connectivity index (χ3n) is 1.94. The summed E-state index contributed by atoms with van der Waals surface area (Å²) >= 11 is 0.771. The first-order valence-electron chi connectivity index (χ1n) is 3.86. The molecular weight excluding hydrogens is 206 g/mol. The van der Waals surface area contributed by atoms with E-state index >= 15 is 0 Å². The summed E-state index contributed by atoms with van der Waals surface area (Å²) in [7, 11) is -1.58. The second-order valence-electron chi connectivity index (χ2n) is 2.85. The van der Waals surface area contributed by atoms with Crippen molar-refractivity contribution >= 4 is 34.0 Å². The average Bonchev–Trinajstić information content (AvgIpc) is 2.42. The molecule has 0 bridgehead atoms. The summed E-state index contributed by atoms with van der Waals surface area (Å²) < 4.78 is 13.4. The largest absolute Gasteiger partial charge is 0.504 e. The van der Waals surface area contributed by atoms with Crippen LogP contribution >= 0.6 is 11.3 Å². The molecule has 0 aliphatic rings. The van der Waals surface area contributed by atoms with E-state index < -0.39 is 12.2 Å². The van der Waals surface area contributed by atoms with Crippen molar-refractivity contribution in [3.63, 3.8) is 0 Å². The maximum Gasteiger partial charge on any atom is 0.488 e. The van der Waals surface area contributed by atoms with Crippen LogP contribution in [0.2, 0.25) is 0 Å². The number of aromatic hydroxyl groups is 1. The average molecular weight is 212 g/mol. The van der Waals surface area contributed by atoms with E-state index in [4.69, 9.17) is 10.0 Å². The molecule has 0 saturated heterocycles. The number of rotatable bonds is 1. The molecular formula is C8H6BFO3S. The molecule has 1 aromatic carbocycles. The van der Waals surface area contributed by atoms with Crippen LogP contribution in [-0.4, -0.2) is 22.3 Å². The predicted molar refractivity (Wildman–Crippen MR) is 53.3 cm³/mol. The Morgan fingerprint density at radius 3 is 2.64 bits per heavy atom.